The molecule has 3 nitrogen and oxygen atoms in total. The number of benzene rings is 1. The van der Waals surface area contributed by atoms with E-state index in [0.717, 1.165) is 23.6 Å². The van der Waals surface area contributed by atoms with E-state index in [1.165, 1.54) is 0 Å². The average molecular weight is 297 g/mol. The molecular formula is C14H13F2NO2S. The highest BCUT2D eigenvalue weighted by molar-refractivity contribution is 7.10. The molecule has 106 valence electrons. The first-order valence-electron chi connectivity index (χ1n) is 5.87. The lowest BCUT2D eigenvalue weighted by atomic mass is 10.1. The van der Waals surface area contributed by atoms with Crippen molar-refractivity contribution in [1.29, 1.82) is 0 Å². The van der Waals surface area contributed by atoms with Gasteiger partial charge in [0.25, 0.3) is 0 Å². The number of thiophene rings is 1. The molecule has 0 unspecified atom stereocenters. The molecule has 0 saturated heterocycles. The van der Waals surface area contributed by atoms with Crippen molar-refractivity contribution in [3.05, 3.63) is 51.2 Å². The number of aryl methyl sites for hydroxylation is 1. The SMILES string of the molecule is COC(=O)c1cc(NCc2sccc2C)c(F)cc1F. The summed E-state index contributed by atoms with van der Waals surface area (Å²) < 4.78 is 31.6. The minimum absolute atomic E-state index is 0.0691. The van der Waals surface area contributed by atoms with Crippen molar-refractivity contribution in [2.24, 2.45) is 0 Å². The van der Waals surface area contributed by atoms with Crippen LogP contribution in [-0.2, 0) is 11.3 Å². The molecule has 0 bridgehead atoms. The first kappa shape index (κ1) is 14.5. The Labute approximate surface area is 119 Å². The van der Waals surface area contributed by atoms with Gasteiger partial charge in [0.15, 0.2) is 0 Å². The Kier molecular flexibility index (Phi) is 4.34. The van der Waals surface area contributed by atoms with Crippen LogP contribution in [0.3, 0.4) is 0 Å². The van der Waals surface area contributed by atoms with Gasteiger partial charge in [-0.3, -0.25) is 0 Å². The van der Waals surface area contributed by atoms with Crippen LogP contribution >= 0.6 is 11.3 Å². The molecule has 6 heteroatoms. The van der Waals surface area contributed by atoms with Crippen molar-refractivity contribution in [3.63, 3.8) is 0 Å². The van der Waals surface area contributed by atoms with E-state index < -0.39 is 17.6 Å². The van der Waals surface area contributed by atoms with Gasteiger partial charge >= 0.3 is 5.97 Å². The van der Waals surface area contributed by atoms with Gasteiger partial charge in [0.05, 0.1) is 18.4 Å². The molecule has 2 rings (SSSR count). The van der Waals surface area contributed by atoms with E-state index in [1.54, 1.807) is 11.3 Å². The van der Waals surface area contributed by atoms with Gasteiger partial charge in [-0.2, -0.15) is 0 Å². The monoisotopic (exact) mass is 297 g/mol. The number of esters is 1. The van der Waals surface area contributed by atoms with Gasteiger partial charge in [-0.1, -0.05) is 0 Å². The van der Waals surface area contributed by atoms with Gasteiger partial charge in [0, 0.05) is 17.5 Å². The van der Waals surface area contributed by atoms with Crippen molar-refractivity contribution in [1.82, 2.24) is 0 Å². The fraction of sp³-hybridized carbons (Fsp3) is 0.214. The van der Waals surface area contributed by atoms with Gasteiger partial charge in [0.1, 0.15) is 11.6 Å². The van der Waals surface area contributed by atoms with Gasteiger partial charge in [-0.15, -0.1) is 11.3 Å². The topological polar surface area (TPSA) is 38.3 Å². The number of anilines is 1. The van der Waals surface area contributed by atoms with Crippen LogP contribution in [0.1, 0.15) is 20.8 Å². The van der Waals surface area contributed by atoms with Crippen molar-refractivity contribution < 1.29 is 18.3 Å². The summed E-state index contributed by atoms with van der Waals surface area (Å²) >= 11 is 1.54. The minimum Gasteiger partial charge on any atom is -0.465 e. The van der Waals surface area contributed by atoms with Gasteiger partial charge in [-0.05, 0) is 30.0 Å². The highest BCUT2D eigenvalue weighted by Gasteiger charge is 2.16. The van der Waals surface area contributed by atoms with E-state index in [2.05, 4.69) is 10.1 Å². The van der Waals surface area contributed by atoms with Crippen LogP contribution in [0.2, 0.25) is 0 Å². The second-order valence-electron chi connectivity index (χ2n) is 4.18. The van der Waals surface area contributed by atoms with Crippen LogP contribution in [0.4, 0.5) is 14.5 Å². The van der Waals surface area contributed by atoms with Crippen molar-refractivity contribution in [2.75, 3.05) is 12.4 Å². The summed E-state index contributed by atoms with van der Waals surface area (Å²) in [5, 5.41) is 4.80. The van der Waals surface area contributed by atoms with E-state index in [0.29, 0.717) is 12.6 Å². The summed E-state index contributed by atoms with van der Waals surface area (Å²) in [5.41, 5.74) is 0.872. The lowest BCUT2D eigenvalue weighted by Crippen LogP contribution is -2.08. The molecule has 0 spiro atoms. The second-order valence-corrected chi connectivity index (χ2v) is 5.18. The number of nitrogens with one attached hydrogen (secondary N) is 1. The maximum absolute atomic E-state index is 13.7. The largest absolute Gasteiger partial charge is 0.465 e. The quantitative estimate of drug-likeness (QED) is 0.874. The summed E-state index contributed by atoms with van der Waals surface area (Å²) in [6, 6.07) is 3.76. The molecule has 0 amide bonds. The van der Waals surface area contributed by atoms with Gasteiger partial charge < -0.3 is 10.1 Å². The van der Waals surface area contributed by atoms with Gasteiger partial charge in [-0.25, -0.2) is 13.6 Å². The fourth-order valence-corrected chi connectivity index (χ4v) is 2.56. The lowest BCUT2D eigenvalue weighted by Gasteiger charge is -2.09. The smallest absolute Gasteiger partial charge is 0.340 e. The Bertz CT molecular complexity index is 640. The van der Waals surface area contributed by atoms with Crippen LogP contribution in [0.15, 0.2) is 23.6 Å². The number of ether oxygens (including phenoxy) is 1. The third kappa shape index (κ3) is 2.96. The molecule has 1 N–H and O–H groups in total. The molecule has 20 heavy (non-hydrogen) atoms. The Hall–Kier alpha value is -1.95. The molecule has 0 saturated carbocycles. The number of halogens is 2. The summed E-state index contributed by atoms with van der Waals surface area (Å²) in [7, 11) is 1.15. The second kappa shape index (κ2) is 6.00. The predicted molar refractivity (Wildman–Crippen MR) is 74.1 cm³/mol. The summed E-state index contributed by atoms with van der Waals surface area (Å²) in [6.45, 7) is 2.36. The highest BCUT2D eigenvalue weighted by atomic mass is 32.1. The zero-order valence-electron chi connectivity index (χ0n) is 11.0. The fourth-order valence-electron chi connectivity index (χ4n) is 1.71. The number of hydrogen-bond donors (Lipinski definition) is 1. The lowest BCUT2D eigenvalue weighted by molar-refractivity contribution is 0.0595. The minimum atomic E-state index is -0.938. The molecule has 0 atom stereocenters. The van der Waals surface area contributed by atoms with Crippen LogP contribution in [-0.4, -0.2) is 13.1 Å². The van der Waals surface area contributed by atoms with E-state index in [9.17, 15) is 13.6 Å². The number of carbonyl (C=O) groups excluding carboxylic acids is 1. The van der Waals surface area contributed by atoms with E-state index in [1.807, 2.05) is 18.4 Å². The molecule has 0 aliphatic rings. The summed E-state index contributed by atoms with van der Waals surface area (Å²) in [6.07, 6.45) is 0. The van der Waals surface area contributed by atoms with Gasteiger partial charge in [0.2, 0.25) is 0 Å². The van der Waals surface area contributed by atoms with E-state index in [-0.39, 0.29) is 11.3 Å². The molecule has 0 aliphatic carbocycles. The van der Waals surface area contributed by atoms with Crippen LogP contribution in [0, 0.1) is 18.6 Å². The molecule has 0 radical (unpaired) electrons. The zero-order chi connectivity index (χ0) is 14.7. The number of methoxy groups -OCH3 is 1. The third-order valence-corrected chi connectivity index (χ3v) is 3.89. The van der Waals surface area contributed by atoms with Crippen molar-refractivity contribution in [2.45, 2.75) is 13.5 Å². The Balaban J connectivity index is 2.23. The highest BCUT2D eigenvalue weighted by Crippen LogP contribution is 2.23. The summed E-state index contributed by atoms with van der Waals surface area (Å²) in [4.78, 5) is 12.4. The van der Waals surface area contributed by atoms with Crippen LogP contribution in [0.5, 0.6) is 0 Å². The molecule has 0 fully saturated rings. The Morgan fingerprint density at radius 2 is 2.10 bits per heavy atom. The maximum Gasteiger partial charge on any atom is 0.340 e. The maximum atomic E-state index is 13.7. The molecule has 2 aromatic rings. The summed E-state index contributed by atoms with van der Waals surface area (Å²) in [5.74, 6) is -2.52. The molecule has 0 aliphatic heterocycles. The zero-order valence-corrected chi connectivity index (χ0v) is 11.8. The number of hydrogen-bond acceptors (Lipinski definition) is 4. The standard InChI is InChI=1S/C14H13F2NO2S/c1-8-3-4-20-13(8)7-17-12-5-9(14(18)19-2)10(15)6-11(12)16/h3-6,17H,7H2,1-2H3. The molecule has 1 aromatic carbocycles. The van der Waals surface area contributed by atoms with Crippen LogP contribution in [0.25, 0.3) is 0 Å². The molecule has 1 aromatic heterocycles. The first-order valence-corrected chi connectivity index (χ1v) is 6.75. The van der Waals surface area contributed by atoms with Crippen LogP contribution < -0.4 is 5.32 Å². The average Bonchev–Trinajstić information content (AvgIpc) is 2.82. The Morgan fingerprint density at radius 3 is 2.70 bits per heavy atom. The number of rotatable bonds is 4. The van der Waals surface area contributed by atoms with E-state index in [4.69, 9.17) is 0 Å². The third-order valence-electron chi connectivity index (χ3n) is 2.87. The molecule has 1 heterocycles. The van der Waals surface area contributed by atoms with E-state index >= 15 is 0 Å². The molecular weight excluding hydrogens is 284 g/mol. The Morgan fingerprint density at radius 1 is 1.35 bits per heavy atom. The van der Waals surface area contributed by atoms with Crippen molar-refractivity contribution >= 4 is 23.0 Å². The predicted octanol–water partition coefficient (Wildman–Crippen LogP) is 3.73. The number of carbonyl (C=O) groups is 1. The first-order chi connectivity index (χ1) is 9.52. The van der Waals surface area contributed by atoms with Crippen molar-refractivity contribution in [3.8, 4) is 0 Å². The normalized spacial score (nSPS) is 10.4.